The van der Waals surface area contributed by atoms with Crippen molar-refractivity contribution in [2.75, 3.05) is 7.05 Å². The van der Waals surface area contributed by atoms with E-state index in [9.17, 15) is 14.4 Å². The van der Waals surface area contributed by atoms with E-state index in [1.165, 1.54) is 37.3 Å². The molecule has 0 aliphatic heterocycles. The van der Waals surface area contributed by atoms with Gasteiger partial charge in [-0.25, -0.2) is 0 Å². The first-order valence-electron chi connectivity index (χ1n) is 4.91. The second kappa shape index (κ2) is 17.0. The number of amides is 3. The van der Waals surface area contributed by atoms with Gasteiger partial charge in [-0.15, -0.1) is 0 Å². The van der Waals surface area contributed by atoms with Gasteiger partial charge in [-0.2, -0.15) is 0 Å². The van der Waals surface area contributed by atoms with Gasteiger partial charge in [-0.05, 0) is 18.6 Å². The fraction of sp³-hybridized carbons (Fsp3) is 0.250. The van der Waals surface area contributed by atoms with Crippen molar-refractivity contribution < 1.29 is 14.4 Å². The summed E-state index contributed by atoms with van der Waals surface area (Å²) in [6.07, 6.45) is 4.70. The van der Waals surface area contributed by atoms with E-state index in [1.54, 1.807) is 7.05 Å². The summed E-state index contributed by atoms with van der Waals surface area (Å²) in [5.74, 6) is -0.0694. The molecule has 0 saturated heterocycles. The fourth-order valence-electron chi connectivity index (χ4n) is 0.320. The van der Waals surface area contributed by atoms with Crippen molar-refractivity contribution in [3.63, 3.8) is 0 Å². The maximum Gasteiger partial charge on any atom is 0.223 e. The van der Waals surface area contributed by atoms with Crippen LogP contribution in [-0.2, 0) is 14.4 Å². The Balaban J connectivity index is -0.000000190. The molecule has 0 aromatic rings. The normalized spacial score (nSPS) is 6.83. The van der Waals surface area contributed by atoms with Crippen LogP contribution in [0, 0.1) is 0 Å². The van der Waals surface area contributed by atoms with Gasteiger partial charge in [0.25, 0.3) is 0 Å². The second-order valence-corrected chi connectivity index (χ2v) is 2.71. The Bertz CT molecular complexity index is 282. The molecule has 0 rings (SSSR count). The minimum absolute atomic E-state index is 0.00926. The van der Waals surface area contributed by atoms with Crippen LogP contribution < -0.4 is 10.6 Å². The molecule has 0 aromatic carbocycles. The van der Waals surface area contributed by atoms with Crippen molar-refractivity contribution in [3.05, 3.63) is 38.3 Å². The Kier molecular flexibility index (Phi) is 19.9. The van der Waals surface area contributed by atoms with E-state index in [0.29, 0.717) is 6.41 Å². The molecule has 0 bridgehead atoms. The Labute approximate surface area is 108 Å². The summed E-state index contributed by atoms with van der Waals surface area (Å²) in [6, 6.07) is 0. The average molecular weight is 255 g/mol. The zero-order valence-electron chi connectivity index (χ0n) is 11.1. The van der Waals surface area contributed by atoms with Gasteiger partial charge in [0.2, 0.25) is 18.2 Å². The van der Waals surface area contributed by atoms with Crippen LogP contribution in [0.4, 0.5) is 0 Å². The van der Waals surface area contributed by atoms with Gasteiger partial charge in [0, 0.05) is 20.9 Å². The van der Waals surface area contributed by atoms with E-state index in [4.69, 9.17) is 0 Å². The van der Waals surface area contributed by atoms with E-state index in [2.05, 4.69) is 30.4 Å². The predicted octanol–water partition coefficient (Wildman–Crippen LogP) is 0.750. The number of carbonyl (C=O) groups is 3. The Morgan fingerprint density at radius 1 is 1.11 bits per heavy atom. The summed E-state index contributed by atoms with van der Waals surface area (Å²) in [5.41, 5.74) is 0. The number of hydrogen-bond donors (Lipinski definition) is 2. The highest BCUT2D eigenvalue weighted by Gasteiger charge is 1.90. The number of nitrogens with one attached hydrogen (secondary N) is 2. The highest BCUT2D eigenvalue weighted by Crippen LogP contribution is 1.79. The highest BCUT2D eigenvalue weighted by atomic mass is 16.2. The van der Waals surface area contributed by atoms with Crippen molar-refractivity contribution in [2.45, 2.75) is 13.8 Å². The Morgan fingerprint density at radius 2 is 1.61 bits per heavy atom. The molecule has 0 atom stereocenters. The van der Waals surface area contributed by atoms with Gasteiger partial charge < -0.3 is 15.5 Å². The summed E-state index contributed by atoms with van der Waals surface area (Å²) in [4.78, 5) is 30.7. The molecule has 0 spiro atoms. The van der Waals surface area contributed by atoms with Crippen LogP contribution in [0.1, 0.15) is 13.8 Å². The lowest BCUT2D eigenvalue weighted by Crippen LogP contribution is -2.15. The van der Waals surface area contributed by atoms with Crippen LogP contribution in [0.5, 0.6) is 0 Å². The van der Waals surface area contributed by atoms with Crippen molar-refractivity contribution in [1.82, 2.24) is 15.5 Å². The lowest BCUT2D eigenvalue weighted by molar-refractivity contribution is -0.125. The molecule has 6 nitrogen and oxygen atoms in total. The van der Waals surface area contributed by atoms with Gasteiger partial charge in [0.15, 0.2) is 0 Å². The van der Waals surface area contributed by atoms with Gasteiger partial charge in [-0.3, -0.25) is 14.4 Å². The standard InChI is InChI=1S/C5H9NO.C4H7NO.C3H5NO/c1-4-6(3)5(2)7;1-3-5-4(2)6;1-2-4-3-5/h4H,1H2,2-3H3;3H,1H2,2H3,(H,5,6);2-3H,1H2,(H,4,5). The van der Waals surface area contributed by atoms with E-state index in [-0.39, 0.29) is 11.8 Å². The first-order chi connectivity index (χ1) is 8.37. The molecule has 0 aliphatic rings. The predicted molar refractivity (Wildman–Crippen MR) is 72.1 cm³/mol. The topological polar surface area (TPSA) is 78.5 Å². The first-order valence-corrected chi connectivity index (χ1v) is 4.91. The quantitative estimate of drug-likeness (QED) is 0.728. The van der Waals surface area contributed by atoms with Crippen molar-refractivity contribution >= 4 is 18.2 Å². The lowest BCUT2D eigenvalue weighted by Gasteiger charge is -2.04. The molecule has 3 amide bonds. The molecule has 0 unspecified atom stereocenters. The van der Waals surface area contributed by atoms with Crippen LogP contribution in [-0.4, -0.2) is 30.2 Å². The van der Waals surface area contributed by atoms with E-state index in [1.807, 2.05) is 0 Å². The minimum Gasteiger partial charge on any atom is -0.336 e. The SMILES string of the molecule is C=CN(C)C(C)=O.C=CNC(C)=O.C=CNC=O. The molecule has 18 heavy (non-hydrogen) atoms. The third kappa shape index (κ3) is 29.2. The molecule has 0 saturated carbocycles. The minimum atomic E-state index is -0.0787. The first kappa shape index (κ1) is 21.0. The van der Waals surface area contributed by atoms with E-state index >= 15 is 0 Å². The lowest BCUT2D eigenvalue weighted by atomic mass is 10.6. The molecule has 0 fully saturated rings. The van der Waals surface area contributed by atoms with Gasteiger partial charge >= 0.3 is 0 Å². The molecule has 102 valence electrons. The molecule has 0 radical (unpaired) electrons. The second-order valence-electron chi connectivity index (χ2n) is 2.71. The van der Waals surface area contributed by atoms with Gasteiger partial charge in [0.1, 0.15) is 0 Å². The monoisotopic (exact) mass is 255 g/mol. The van der Waals surface area contributed by atoms with Crippen LogP contribution in [0.3, 0.4) is 0 Å². The average Bonchev–Trinajstić information content (AvgIpc) is 2.30. The third-order valence-corrected chi connectivity index (χ3v) is 1.26. The van der Waals surface area contributed by atoms with E-state index in [0.717, 1.165) is 0 Å². The molecule has 0 aromatic heterocycles. The molecule has 0 heterocycles. The smallest absolute Gasteiger partial charge is 0.223 e. The summed E-state index contributed by atoms with van der Waals surface area (Å²) >= 11 is 0. The number of nitrogens with zero attached hydrogens (tertiary/aromatic N) is 1. The van der Waals surface area contributed by atoms with Gasteiger partial charge in [0.05, 0.1) is 0 Å². The summed E-state index contributed by atoms with van der Waals surface area (Å²) < 4.78 is 0. The van der Waals surface area contributed by atoms with Crippen LogP contribution in [0.15, 0.2) is 38.3 Å². The molecular weight excluding hydrogens is 234 g/mol. The van der Waals surface area contributed by atoms with Crippen LogP contribution in [0.2, 0.25) is 0 Å². The Hall–Kier alpha value is -2.37. The Morgan fingerprint density at radius 3 is 1.61 bits per heavy atom. The van der Waals surface area contributed by atoms with Crippen molar-refractivity contribution in [3.8, 4) is 0 Å². The van der Waals surface area contributed by atoms with Gasteiger partial charge in [-0.1, -0.05) is 19.7 Å². The summed E-state index contributed by atoms with van der Waals surface area (Å²) in [5, 5.41) is 4.53. The highest BCUT2D eigenvalue weighted by molar-refractivity contribution is 5.74. The van der Waals surface area contributed by atoms with Crippen molar-refractivity contribution in [2.24, 2.45) is 0 Å². The molecule has 0 aliphatic carbocycles. The fourth-order valence-corrected chi connectivity index (χ4v) is 0.320. The third-order valence-electron chi connectivity index (χ3n) is 1.26. The zero-order valence-corrected chi connectivity index (χ0v) is 11.1. The number of carbonyl (C=O) groups excluding carboxylic acids is 3. The van der Waals surface area contributed by atoms with E-state index < -0.39 is 0 Å². The zero-order chi connectivity index (χ0) is 15.0. The number of hydrogen-bond acceptors (Lipinski definition) is 3. The number of rotatable bonds is 4. The van der Waals surface area contributed by atoms with Crippen LogP contribution >= 0.6 is 0 Å². The van der Waals surface area contributed by atoms with Crippen LogP contribution in [0.25, 0.3) is 0 Å². The maximum absolute atomic E-state index is 10.2. The van der Waals surface area contributed by atoms with Crippen molar-refractivity contribution in [1.29, 1.82) is 0 Å². The molecule has 6 heteroatoms. The molecule has 2 N–H and O–H groups in total. The largest absolute Gasteiger partial charge is 0.336 e. The maximum atomic E-state index is 10.2. The summed E-state index contributed by atoms with van der Waals surface area (Å²) in [7, 11) is 1.66. The molecular formula is C12H21N3O3. The summed E-state index contributed by atoms with van der Waals surface area (Å²) in [6.45, 7) is 12.8.